The Morgan fingerprint density at radius 3 is 2.62 bits per heavy atom. The van der Waals surface area contributed by atoms with Gasteiger partial charge in [0.25, 0.3) is 0 Å². The fraction of sp³-hybridized carbons (Fsp3) is 0.609. The molecule has 0 N–H and O–H groups in total. The van der Waals surface area contributed by atoms with Crippen molar-refractivity contribution in [3.63, 3.8) is 0 Å². The standard InChI is InChI=1S/C23H32N2O4/c1-2-29-22(28)23(13-6-11-19-9-4-3-5-10-19)14-8-16-25(18-23)21(27)17-24-15-7-12-20(24)26/h3-5,9-10H,2,6-8,11-18H2,1H3/t23-/m0/s1. The van der Waals surface area contributed by atoms with E-state index in [0.29, 0.717) is 39.1 Å². The summed E-state index contributed by atoms with van der Waals surface area (Å²) >= 11 is 0. The summed E-state index contributed by atoms with van der Waals surface area (Å²) in [6.07, 6.45) is 5.34. The van der Waals surface area contributed by atoms with Crippen molar-refractivity contribution >= 4 is 17.8 Å². The summed E-state index contributed by atoms with van der Waals surface area (Å²) in [5.41, 5.74) is 0.607. The van der Waals surface area contributed by atoms with Gasteiger partial charge in [-0.15, -0.1) is 0 Å². The van der Waals surface area contributed by atoms with Crippen LogP contribution in [-0.2, 0) is 25.5 Å². The maximum absolute atomic E-state index is 12.9. The maximum Gasteiger partial charge on any atom is 0.313 e. The molecule has 0 spiro atoms. The van der Waals surface area contributed by atoms with Crippen molar-refractivity contribution < 1.29 is 19.1 Å². The molecule has 6 heteroatoms. The van der Waals surface area contributed by atoms with Crippen LogP contribution < -0.4 is 0 Å². The minimum Gasteiger partial charge on any atom is -0.466 e. The first-order valence-electron chi connectivity index (χ1n) is 10.8. The zero-order valence-corrected chi connectivity index (χ0v) is 17.4. The van der Waals surface area contributed by atoms with Gasteiger partial charge in [0.15, 0.2) is 0 Å². The van der Waals surface area contributed by atoms with Crippen LogP contribution in [0.25, 0.3) is 0 Å². The number of benzene rings is 1. The van der Waals surface area contributed by atoms with Crippen LogP contribution in [0.15, 0.2) is 30.3 Å². The summed E-state index contributed by atoms with van der Waals surface area (Å²) < 4.78 is 5.42. The summed E-state index contributed by atoms with van der Waals surface area (Å²) in [6.45, 7) is 3.97. The van der Waals surface area contributed by atoms with Gasteiger partial charge in [0.05, 0.1) is 18.6 Å². The summed E-state index contributed by atoms with van der Waals surface area (Å²) in [6, 6.07) is 10.2. The van der Waals surface area contributed by atoms with E-state index in [4.69, 9.17) is 4.74 Å². The van der Waals surface area contributed by atoms with Gasteiger partial charge in [-0.1, -0.05) is 30.3 Å². The van der Waals surface area contributed by atoms with Crippen molar-refractivity contribution in [1.82, 2.24) is 9.80 Å². The van der Waals surface area contributed by atoms with Crippen molar-refractivity contribution in [3.8, 4) is 0 Å². The number of piperidine rings is 1. The third-order valence-electron chi connectivity index (χ3n) is 6.10. The molecule has 1 aromatic rings. The van der Waals surface area contributed by atoms with Gasteiger partial charge in [0.2, 0.25) is 11.8 Å². The maximum atomic E-state index is 12.9. The normalized spacial score (nSPS) is 22.0. The molecule has 1 aromatic carbocycles. The second-order valence-electron chi connectivity index (χ2n) is 8.18. The molecule has 0 radical (unpaired) electrons. The summed E-state index contributed by atoms with van der Waals surface area (Å²) in [4.78, 5) is 41.0. The highest BCUT2D eigenvalue weighted by Crippen LogP contribution is 2.37. The number of aryl methyl sites for hydroxylation is 1. The zero-order chi connectivity index (χ0) is 20.7. The number of carbonyl (C=O) groups excluding carboxylic acids is 3. The predicted molar refractivity (Wildman–Crippen MR) is 110 cm³/mol. The van der Waals surface area contributed by atoms with Crippen LogP contribution in [0.2, 0.25) is 0 Å². The van der Waals surface area contributed by atoms with E-state index in [-0.39, 0.29) is 24.3 Å². The molecule has 158 valence electrons. The van der Waals surface area contributed by atoms with Gasteiger partial charge < -0.3 is 14.5 Å². The first kappa shape index (κ1) is 21.3. The lowest BCUT2D eigenvalue weighted by atomic mass is 9.75. The Labute approximate surface area is 173 Å². The van der Waals surface area contributed by atoms with E-state index >= 15 is 0 Å². The highest BCUT2D eigenvalue weighted by atomic mass is 16.5. The number of nitrogens with zero attached hydrogens (tertiary/aromatic N) is 2. The second-order valence-corrected chi connectivity index (χ2v) is 8.18. The van der Waals surface area contributed by atoms with Gasteiger partial charge in [-0.3, -0.25) is 14.4 Å². The Kier molecular flexibility index (Phi) is 7.29. The number of ether oxygens (including phenoxy) is 1. The van der Waals surface area contributed by atoms with Crippen molar-refractivity contribution in [2.24, 2.45) is 5.41 Å². The summed E-state index contributed by atoms with van der Waals surface area (Å²) in [5.74, 6) is -0.200. The number of likely N-dealkylation sites (tertiary alicyclic amines) is 2. The summed E-state index contributed by atoms with van der Waals surface area (Å²) in [7, 11) is 0. The minimum absolute atomic E-state index is 0.0508. The first-order valence-corrected chi connectivity index (χ1v) is 10.8. The fourth-order valence-corrected chi connectivity index (χ4v) is 4.51. The lowest BCUT2D eigenvalue weighted by molar-refractivity contribution is -0.162. The van der Waals surface area contributed by atoms with Gasteiger partial charge in [0.1, 0.15) is 0 Å². The summed E-state index contributed by atoms with van der Waals surface area (Å²) in [5, 5.41) is 0. The van der Waals surface area contributed by atoms with Gasteiger partial charge >= 0.3 is 5.97 Å². The van der Waals surface area contributed by atoms with E-state index in [0.717, 1.165) is 32.1 Å². The van der Waals surface area contributed by atoms with Crippen LogP contribution in [0, 0.1) is 5.41 Å². The molecule has 2 amide bonds. The second kappa shape index (κ2) is 9.90. The highest BCUT2D eigenvalue weighted by Gasteiger charge is 2.44. The molecule has 0 bridgehead atoms. The molecule has 3 rings (SSSR count). The fourth-order valence-electron chi connectivity index (χ4n) is 4.51. The first-order chi connectivity index (χ1) is 14.0. The molecule has 2 aliphatic rings. The average molecular weight is 401 g/mol. The number of hydrogen-bond donors (Lipinski definition) is 0. The molecule has 0 aliphatic carbocycles. The molecular weight excluding hydrogens is 368 g/mol. The number of rotatable bonds is 8. The Hall–Kier alpha value is -2.37. The number of esters is 1. The van der Waals surface area contributed by atoms with Crippen LogP contribution in [0.3, 0.4) is 0 Å². The lowest BCUT2D eigenvalue weighted by Crippen LogP contribution is -2.52. The van der Waals surface area contributed by atoms with Crippen LogP contribution in [-0.4, -0.2) is 60.4 Å². The molecule has 2 aliphatic heterocycles. The van der Waals surface area contributed by atoms with Crippen LogP contribution >= 0.6 is 0 Å². The van der Waals surface area contributed by atoms with Crippen molar-refractivity contribution in [2.45, 2.75) is 51.9 Å². The van der Waals surface area contributed by atoms with Crippen LogP contribution in [0.1, 0.15) is 51.0 Å². The molecular formula is C23H32N2O4. The van der Waals surface area contributed by atoms with Crippen molar-refractivity contribution in [1.29, 1.82) is 0 Å². The van der Waals surface area contributed by atoms with E-state index in [9.17, 15) is 14.4 Å². The minimum atomic E-state index is -0.645. The van der Waals surface area contributed by atoms with E-state index in [1.165, 1.54) is 5.56 Å². The highest BCUT2D eigenvalue weighted by molar-refractivity contribution is 5.86. The molecule has 2 fully saturated rings. The monoisotopic (exact) mass is 400 g/mol. The van der Waals surface area contributed by atoms with Gasteiger partial charge in [0, 0.05) is 26.1 Å². The molecule has 6 nitrogen and oxygen atoms in total. The Morgan fingerprint density at radius 2 is 1.93 bits per heavy atom. The third-order valence-corrected chi connectivity index (χ3v) is 6.10. The van der Waals surface area contributed by atoms with Crippen LogP contribution in [0.4, 0.5) is 0 Å². The van der Waals surface area contributed by atoms with E-state index in [1.807, 2.05) is 25.1 Å². The van der Waals surface area contributed by atoms with Gasteiger partial charge in [-0.05, 0) is 51.0 Å². The van der Waals surface area contributed by atoms with Crippen molar-refractivity contribution in [3.05, 3.63) is 35.9 Å². The van der Waals surface area contributed by atoms with Crippen molar-refractivity contribution in [2.75, 3.05) is 32.8 Å². The number of amides is 2. The van der Waals surface area contributed by atoms with Crippen LogP contribution in [0.5, 0.6) is 0 Å². The van der Waals surface area contributed by atoms with Gasteiger partial charge in [-0.25, -0.2) is 0 Å². The molecule has 2 heterocycles. The van der Waals surface area contributed by atoms with E-state index < -0.39 is 5.41 Å². The smallest absolute Gasteiger partial charge is 0.313 e. The third kappa shape index (κ3) is 5.37. The zero-order valence-electron chi connectivity index (χ0n) is 17.4. The quantitative estimate of drug-likeness (QED) is 0.630. The Morgan fingerprint density at radius 1 is 1.14 bits per heavy atom. The van der Waals surface area contributed by atoms with E-state index in [2.05, 4.69) is 12.1 Å². The molecule has 1 atom stereocenters. The molecule has 29 heavy (non-hydrogen) atoms. The Balaban J connectivity index is 1.65. The number of hydrogen-bond acceptors (Lipinski definition) is 4. The average Bonchev–Trinajstić information content (AvgIpc) is 3.13. The lowest BCUT2D eigenvalue weighted by Gasteiger charge is -2.41. The SMILES string of the molecule is CCOC(=O)[C@@]1(CCCc2ccccc2)CCCN(C(=O)CN2CCCC2=O)C1. The Bertz CT molecular complexity index is 721. The van der Waals surface area contributed by atoms with Gasteiger partial charge in [-0.2, -0.15) is 0 Å². The molecule has 0 saturated carbocycles. The van der Waals surface area contributed by atoms with E-state index in [1.54, 1.807) is 9.80 Å². The molecule has 0 aromatic heterocycles. The largest absolute Gasteiger partial charge is 0.466 e. The molecule has 2 saturated heterocycles. The molecule has 0 unspecified atom stereocenters. The topological polar surface area (TPSA) is 66.9 Å². The predicted octanol–water partition coefficient (Wildman–Crippen LogP) is 2.80. The number of carbonyl (C=O) groups is 3.